The quantitative estimate of drug-likeness (QED) is 0.0169. The van der Waals surface area contributed by atoms with Crippen molar-refractivity contribution in [2.24, 2.45) is 0 Å². The van der Waals surface area contributed by atoms with E-state index in [9.17, 15) is 43.2 Å². The molecule has 0 amide bonds. The number of aliphatic hydroxyl groups is 1. The van der Waals surface area contributed by atoms with Gasteiger partial charge in [-0.2, -0.15) is 0 Å². The summed E-state index contributed by atoms with van der Waals surface area (Å²) in [5, 5.41) is 10.7. The van der Waals surface area contributed by atoms with Crippen molar-refractivity contribution in [1.29, 1.82) is 0 Å². The molecule has 0 saturated carbocycles. The van der Waals surface area contributed by atoms with Crippen molar-refractivity contribution in [3.05, 3.63) is 72.9 Å². The molecule has 106 heavy (non-hydrogen) atoms. The number of allylic oxidation sites excluding steroid dienone is 12. The summed E-state index contributed by atoms with van der Waals surface area (Å²) in [5.41, 5.74) is 0. The lowest BCUT2D eigenvalue weighted by atomic mass is 10.0. The van der Waals surface area contributed by atoms with Gasteiger partial charge in [0.1, 0.15) is 19.3 Å². The molecule has 3 N–H and O–H groups in total. The van der Waals surface area contributed by atoms with Crippen molar-refractivity contribution >= 4 is 39.5 Å². The van der Waals surface area contributed by atoms with Crippen LogP contribution in [0.5, 0.6) is 0 Å². The largest absolute Gasteiger partial charge is 0.472 e. The number of esters is 4. The van der Waals surface area contributed by atoms with Crippen molar-refractivity contribution in [3.63, 3.8) is 0 Å². The van der Waals surface area contributed by atoms with Crippen molar-refractivity contribution in [1.82, 2.24) is 0 Å². The summed E-state index contributed by atoms with van der Waals surface area (Å²) < 4.78 is 68.9. The Morgan fingerprint density at radius 3 is 0.774 bits per heavy atom. The zero-order valence-corrected chi connectivity index (χ0v) is 69.7. The van der Waals surface area contributed by atoms with Crippen LogP contribution in [0.1, 0.15) is 400 Å². The minimum absolute atomic E-state index is 0.0833. The monoisotopic (exact) mass is 1540 g/mol. The van der Waals surface area contributed by atoms with Gasteiger partial charge in [-0.3, -0.25) is 37.3 Å². The standard InChI is InChI=1S/C87H158O17P2/c1-5-9-13-17-21-25-29-33-37-39-40-42-45-48-52-56-60-64-68-72-85(90)98-78-83(104-87(92)74-70-66-62-58-54-50-46-41-38-34-30-26-22-18-14-10-6-2)80-102-106(95,96)100-76-81(88)75-99-105(93,94)101-79-82(103-86(91)73-69-65-61-57-53-49-44-36-32-28-24-20-16-12-8-4)77-97-84(89)71-67-63-59-55-51-47-43-35-31-27-23-19-15-11-7-3/h10,14,21-22,25-26,33-34,37-38,40,42,81-83,88H,5-9,11-13,15-20,23-24,27-32,35-36,39,41,43-80H2,1-4H3,(H,93,94)(H,95,96)/b14-10-,25-21-,26-22-,37-33-,38-34-,42-40-. The Bertz CT molecular complexity index is 2280. The molecule has 618 valence electrons. The van der Waals surface area contributed by atoms with Gasteiger partial charge in [-0.15, -0.1) is 0 Å². The molecule has 19 heteroatoms. The molecular weight excluding hydrogens is 1380 g/mol. The number of phosphoric ester groups is 2. The highest BCUT2D eigenvalue weighted by Crippen LogP contribution is 2.45. The molecule has 0 bridgehead atoms. The molecule has 0 saturated heterocycles. The highest BCUT2D eigenvalue weighted by molar-refractivity contribution is 7.47. The molecule has 17 nitrogen and oxygen atoms in total. The van der Waals surface area contributed by atoms with Gasteiger partial charge in [0.05, 0.1) is 26.4 Å². The normalized spacial score (nSPS) is 14.1. The molecule has 0 aliphatic carbocycles. The second kappa shape index (κ2) is 79.6. The van der Waals surface area contributed by atoms with Gasteiger partial charge in [-0.25, -0.2) is 9.13 Å². The maximum absolute atomic E-state index is 13.1. The molecular formula is C87H158O17P2. The third-order valence-electron chi connectivity index (χ3n) is 18.7. The van der Waals surface area contributed by atoms with Crippen LogP contribution in [0, 0.1) is 0 Å². The van der Waals surface area contributed by atoms with Crippen LogP contribution in [0.3, 0.4) is 0 Å². The summed E-state index contributed by atoms with van der Waals surface area (Å²) in [6.45, 7) is 4.82. The first-order valence-electron chi connectivity index (χ1n) is 43.2. The second-order valence-electron chi connectivity index (χ2n) is 29.1. The number of phosphoric acid groups is 2. The fraction of sp³-hybridized carbons (Fsp3) is 0.816. The van der Waals surface area contributed by atoms with Gasteiger partial charge in [0.25, 0.3) is 0 Å². The van der Waals surface area contributed by atoms with Crippen LogP contribution in [-0.4, -0.2) is 96.7 Å². The SMILES string of the molecule is CC/C=C\C/C=C\C/C=C\CCCCCCCCCC(=O)OC(COC(=O)CCCCCCCC/C=C\C/C=C\C/C=C\CCCCC)COP(=O)(O)OCC(O)COP(=O)(O)OCC(COC(=O)CCCCCCCCCCCCCCCCC)OC(=O)CCCCCCCCCCCCCCCCC. The number of hydrogen-bond donors (Lipinski definition) is 3. The van der Waals surface area contributed by atoms with E-state index in [0.29, 0.717) is 25.7 Å². The van der Waals surface area contributed by atoms with E-state index in [-0.39, 0.29) is 25.7 Å². The number of hydrogen-bond acceptors (Lipinski definition) is 15. The Morgan fingerprint density at radius 1 is 0.274 bits per heavy atom. The van der Waals surface area contributed by atoms with Crippen molar-refractivity contribution in [3.8, 4) is 0 Å². The molecule has 0 fully saturated rings. The molecule has 0 spiro atoms. The van der Waals surface area contributed by atoms with E-state index >= 15 is 0 Å². The summed E-state index contributed by atoms with van der Waals surface area (Å²) in [7, 11) is -9.95. The van der Waals surface area contributed by atoms with Gasteiger partial charge in [0.15, 0.2) is 12.2 Å². The van der Waals surface area contributed by atoms with Gasteiger partial charge in [0.2, 0.25) is 0 Å². The first-order valence-corrected chi connectivity index (χ1v) is 46.2. The van der Waals surface area contributed by atoms with E-state index in [1.165, 1.54) is 154 Å². The molecule has 0 heterocycles. The zero-order valence-electron chi connectivity index (χ0n) is 67.9. The Balaban J connectivity index is 5.34. The van der Waals surface area contributed by atoms with Crippen LogP contribution in [0.4, 0.5) is 0 Å². The summed E-state index contributed by atoms with van der Waals surface area (Å²) in [6.07, 6.45) is 82.8. The number of carbonyl (C=O) groups excluding carboxylic acids is 4. The molecule has 5 unspecified atom stereocenters. The highest BCUT2D eigenvalue weighted by atomic mass is 31.2. The minimum atomic E-state index is -4.98. The van der Waals surface area contributed by atoms with Gasteiger partial charge >= 0.3 is 39.5 Å². The molecule has 0 aliphatic heterocycles. The zero-order chi connectivity index (χ0) is 77.4. The lowest BCUT2D eigenvalue weighted by Gasteiger charge is -2.21. The predicted molar refractivity (Wildman–Crippen MR) is 436 cm³/mol. The summed E-state index contributed by atoms with van der Waals surface area (Å²) >= 11 is 0. The van der Waals surface area contributed by atoms with E-state index in [2.05, 4.69) is 101 Å². The molecule has 0 aromatic rings. The van der Waals surface area contributed by atoms with E-state index in [1.807, 2.05) is 0 Å². The first-order chi connectivity index (χ1) is 51.7. The van der Waals surface area contributed by atoms with Crippen molar-refractivity contribution in [2.75, 3.05) is 39.6 Å². The summed E-state index contributed by atoms with van der Waals surface area (Å²) in [6, 6.07) is 0. The van der Waals surface area contributed by atoms with Crippen LogP contribution in [-0.2, 0) is 65.4 Å². The van der Waals surface area contributed by atoms with Crippen LogP contribution < -0.4 is 0 Å². The molecule has 0 radical (unpaired) electrons. The van der Waals surface area contributed by atoms with Gasteiger partial charge in [-0.1, -0.05) is 351 Å². The third-order valence-corrected chi connectivity index (χ3v) is 20.6. The number of aliphatic hydroxyl groups excluding tert-OH is 1. The molecule has 0 rings (SSSR count). The molecule has 0 aromatic carbocycles. The van der Waals surface area contributed by atoms with Crippen LogP contribution >= 0.6 is 15.6 Å². The topological polar surface area (TPSA) is 237 Å². The number of ether oxygens (including phenoxy) is 4. The summed E-state index contributed by atoms with van der Waals surface area (Å²) in [5.74, 6) is -2.16. The predicted octanol–water partition coefficient (Wildman–Crippen LogP) is 25.6. The molecule has 5 atom stereocenters. The van der Waals surface area contributed by atoms with E-state index in [1.54, 1.807) is 0 Å². The van der Waals surface area contributed by atoms with Gasteiger partial charge in [0, 0.05) is 25.7 Å². The van der Waals surface area contributed by atoms with E-state index in [0.717, 1.165) is 167 Å². The Kier molecular flexibility index (Phi) is 77.0. The highest BCUT2D eigenvalue weighted by Gasteiger charge is 2.30. The minimum Gasteiger partial charge on any atom is -0.462 e. The van der Waals surface area contributed by atoms with Crippen LogP contribution in [0.15, 0.2) is 72.9 Å². The van der Waals surface area contributed by atoms with Crippen LogP contribution in [0.25, 0.3) is 0 Å². The number of unbranched alkanes of at least 4 members (excludes halogenated alkanes) is 44. The van der Waals surface area contributed by atoms with Crippen molar-refractivity contribution < 1.29 is 80.2 Å². The maximum Gasteiger partial charge on any atom is 0.472 e. The average Bonchev–Trinajstić information content (AvgIpc) is 0.907. The Morgan fingerprint density at radius 2 is 0.491 bits per heavy atom. The maximum atomic E-state index is 13.1. The average molecular weight is 1540 g/mol. The van der Waals surface area contributed by atoms with E-state index in [4.69, 9.17) is 37.0 Å². The molecule has 0 aliphatic rings. The smallest absolute Gasteiger partial charge is 0.462 e. The first kappa shape index (κ1) is 102. The lowest BCUT2D eigenvalue weighted by molar-refractivity contribution is -0.161. The number of carbonyl (C=O) groups is 4. The summed E-state index contributed by atoms with van der Waals surface area (Å²) in [4.78, 5) is 73.2. The second-order valence-corrected chi connectivity index (χ2v) is 32.0. The van der Waals surface area contributed by atoms with E-state index < -0.39 is 97.5 Å². The fourth-order valence-corrected chi connectivity index (χ4v) is 13.7. The van der Waals surface area contributed by atoms with Crippen molar-refractivity contribution in [2.45, 2.75) is 418 Å². The van der Waals surface area contributed by atoms with Crippen LogP contribution in [0.2, 0.25) is 0 Å². The Labute approximate surface area is 647 Å². The van der Waals surface area contributed by atoms with Gasteiger partial charge in [-0.05, 0) is 96.3 Å². The lowest BCUT2D eigenvalue weighted by Crippen LogP contribution is -2.30. The Hall–Kier alpha value is -3.50. The van der Waals surface area contributed by atoms with Gasteiger partial charge < -0.3 is 33.8 Å². The number of rotatable bonds is 82. The third kappa shape index (κ3) is 78.6. The molecule has 0 aromatic heterocycles. The fourth-order valence-electron chi connectivity index (χ4n) is 12.1.